The highest BCUT2D eigenvalue weighted by molar-refractivity contribution is 7.47. The summed E-state index contributed by atoms with van der Waals surface area (Å²) in [6.07, 6.45) is 58.9. The van der Waals surface area contributed by atoms with Crippen LogP contribution in [0.3, 0.4) is 0 Å². The largest absolute Gasteiger partial charge is 0.472 e. The number of rotatable bonds is 50. The number of carbonyl (C=O) groups excluding carboxylic acids is 2. The molecule has 0 aliphatic heterocycles. The second-order valence-corrected chi connectivity index (χ2v) is 21.1. The van der Waals surface area contributed by atoms with Crippen LogP contribution in [-0.2, 0) is 32.7 Å². The van der Waals surface area contributed by atoms with Gasteiger partial charge in [0.15, 0.2) is 6.10 Å². The van der Waals surface area contributed by atoms with Gasteiger partial charge < -0.3 is 18.9 Å². The molecule has 0 aromatic heterocycles. The second kappa shape index (κ2) is 48.0. The van der Waals surface area contributed by atoms with Crippen LogP contribution in [0.2, 0.25) is 0 Å². The van der Waals surface area contributed by atoms with Gasteiger partial charge in [0.05, 0.1) is 27.7 Å². The van der Waals surface area contributed by atoms with Gasteiger partial charge in [-0.3, -0.25) is 18.6 Å². The first kappa shape index (κ1) is 64.0. The number of hydrogen-bond donors (Lipinski definition) is 1. The van der Waals surface area contributed by atoms with Crippen molar-refractivity contribution in [1.29, 1.82) is 0 Å². The Balaban J connectivity index is 4.24. The number of likely N-dealkylation sites (N-methyl/N-ethyl adjacent to an activating group) is 1. The maximum atomic E-state index is 12.8. The van der Waals surface area contributed by atoms with Crippen LogP contribution >= 0.6 is 7.82 Å². The fourth-order valence-electron chi connectivity index (χ4n) is 7.59. The van der Waals surface area contributed by atoms with Crippen molar-refractivity contribution >= 4 is 19.8 Å². The third kappa shape index (κ3) is 51.4. The lowest BCUT2D eigenvalue weighted by molar-refractivity contribution is -0.870. The van der Waals surface area contributed by atoms with Crippen molar-refractivity contribution in [2.45, 2.75) is 251 Å². The van der Waals surface area contributed by atoms with Gasteiger partial charge in [0.25, 0.3) is 0 Å². The number of carbonyl (C=O) groups is 2. The lowest BCUT2D eigenvalue weighted by Crippen LogP contribution is -2.37. The summed E-state index contributed by atoms with van der Waals surface area (Å²) in [5, 5.41) is 0. The highest BCUT2D eigenvalue weighted by atomic mass is 31.2. The Kier molecular flexibility index (Phi) is 46.5. The van der Waals surface area contributed by atoms with Gasteiger partial charge >= 0.3 is 19.8 Å². The highest BCUT2D eigenvalue weighted by Crippen LogP contribution is 2.43. The second-order valence-electron chi connectivity index (χ2n) is 19.6. The summed E-state index contributed by atoms with van der Waals surface area (Å²) in [7, 11) is 1.46. The smallest absolute Gasteiger partial charge is 0.462 e. The normalized spacial score (nSPS) is 13.7. The number of hydrogen-bond acceptors (Lipinski definition) is 7. The molecule has 0 spiro atoms. The molecule has 10 heteroatoms. The number of ether oxygens (including phenoxy) is 2. The summed E-state index contributed by atoms with van der Waals surface area (Å²) >= 11 is 0. The molecular formula is C56H105NO8P+. The first-order valence-electron chi connectivity index (χ1n) is 27.4. The molecule has 386 valence electrons. The molecule has 0 aliphatic carbocycles. The first-order chi connectivity index (χ1) is 32.0. The average molecular weight is 951 g/mol. The summed E-state index contributed by atoms with van der Waals surface area (Å²) < 4.78 is 34.5. The maximum absolute atomic E-state index is 12.8. The fourth-order valence-corrected chi connectivity index (χ4v) is 8.33. The Morgan fingerprint density at radius 3 is 1.24 bits per heavy atom. The van der Waals surface area contributed by atoms with Crippen molar-refractivity contribution in [1.82, 2.24) is 0 Å². The van der Waals surface area contributed by atoms with Gasteiger partial charge in [-0.2, -0.15) is 0 Å². The molecule has 0 rings (SSSR count). The van der Waals surface area contributed by atoms with Gasteiger partial charge in [-0.1, -0.05) is 223 Å². The van der Waals surface area contributed by atoms with E-state index in [1.54, 1.807) is 0 Å². The minimum Gasteiger partial charge on any atom is -0.462 e. The fraction of sp³-hybridized carbons (Fsp3) is 0.821. The minimum atomic E-state index is -4.39. The summed E-state index contributed by atoms with van der Waals surface area (Å²) in [6, 6.07) is 0. The van der Waals surface area contributed by atoms with E-state index in [1.807, 2.05) is 21.1 Å². The number of nitrogens with zero attached hydrogens (tertiary/aromatic N) is 1. The predicted octanol–water partition coefficient (Wildman–Crippen LogP) is 16.6. The lowest BCUT2D eigenvalue weighted by Gasteiger charge is -2.24. The van der Waals surface area contributed by atoms with Crippen molar-refractivity contribution in [2.24, 2.45) is 0 Å². The molecule has 0 aliphatic rings. The molecule has 0 aromatic rings. The number of allylic oxidation sites excluding steroid dienone is 8. The third-order valence-corrected chi connectivity index (χ3v) is 12.8. The molecule has 9 nitrogen and oxygen atoms in total. The van der Waals surface area contributed by atoms with Crippen LogP contribution in [-0.4, -0.2) is 74.9 Å². The molecule has 0 fully saturated rings. The van der Waals surface area contributed by atoms with E-state index in [2.05, 4.69) is 62.5 Å². The van der Waals surface area contributed by atoms with Gasteiger partial charge in [0.2, 0.25) is 0 Å². The summed E-state index contributed by atoms with van der Waals surface area (Å²) in [5.74, 6) is -0.825. The third-order valence-electron chi connectivity index (χ3n) is 11.9. The number of quaternary nitrogens is 1. The quantitative estimate of drug-likeness (QED) is 0.0211. The Hall–Kier alpha value is -2.03. The molecule has 0 radical (unpaired) electrons. The molecule has 0 saturated heterocycles. The number of esters is 2. The zero-order valence-electron chi connectivity index (χ0n) is 43.7. The van der Waals surface area contributed by atoms with Crippen LogP contribution in [0.1, 0.15) is 245 Å². The zero-order valence-corrected chi connectivity index (χ0v) is 44.6. The van der Waals surface area contributed by atoms with Crippen LogP contribution in [0, 0.1) is 0 Å². The van der Waals surface area contributed by atoms with Crippen LogP contribution in [0.15, 0.2) is 48.6 Å². The zero-order chi connectivity index (χ0) is 48.5. The van der Waals surface area contributed by atoms with Crippen LogP contribution < -0.4 is 0 Å². The van der Waals surface area contributed by atoms with E-state index in [9.17, 15) is 19.0 Å². The topological polar surface area (TPSA) is 108 Å². The van der Waals surface area contributed by atoms with Crippen molar-refractivity contribution in [3.8, 4) is 0 Å². The Bertz CT molecular complexity index is 1260. The standard InChI is InChI=1S/C56H104NO8P/c1-6-8-10-12-14-16-18-20-22-24-26-27-28-29-31-33-35-37-39-41-43-45-47-49-56(59)65-54(53-64-66(60,61)63-51-50-57(3,4)5)52-62-55(58)48-46-44-42-40-38-36-34-32-30-25-23-21-19-17-15-13-11-9-7-2/h15,17,21,23,30,32,36,38,54H,6-14,16,18-20,22,24-29,31,33-35,37,39-53H2,1-5H3/p+1/b17-15+,23-21+,32-30+,38-36+/t54-/m1/s1. The van der Waals surface area contributed by atoms with Gasteiger partial charge in [-0.25, -0.2) is 4.57 Å². The van der Waals surface area contributed by atoms with E-state index in [0.717, 1.165) is 51.4 Å². The van der Waals surface area contributed by atoms with Crippen molar-refractivity contribution < 1.29 is 42.1 Å². The SMILES string of the molecule is CCCCC/C=C/C/C=C/C/C=C/C/C=C/CCCCCC(=O)OC[C@H](COP(=O)(O)OCC[N+](C)(C)C)OC(=O)CCCCCCCCCCCCCCCCCCCCCCCCC. The van der Waals surface area contributed by atoms with E-state index in [4.69, 9.17) is 18.5 Å². The van der Waals surface area contributed by atoms with E-state index in [-0.39, 0.29) is 26.1 Å². The molecule has 0 aromatic carbocycles. The number of phosphoric acid groups is 1. The average Bonchev–Trinajstić information content (AvgIpc) is 3.27. The Labute approximate surface area is 407 Å². The van der Waals surface area contributed by atoms with E-state index >= 15 is 0 Å². The van der Waals surface area contributed by atoms with Crippen LogP contribution in [0.25, 0.3) is 0 Å². The molecule has 0 saturated carbocycles. The summed E-state index contributed by atoms with van der Waals surface area (Å²) in [6.45, 7) is 4.40. The Morgan fingerprint density at radius 1 is 0.470 bits per heavy atom. The van der Waals surface area contributed by atoms with E-state index < -0.39 is 32.5 Å². The van der Waals surface area contributed by atoms with Gasteiger partial charge in [0.1, 0.15) is 19.8 Å². The van der Waals surface area contributed by atoms with E-state index in [0.29, 0.717) is 23.9 Å². The molecule has 0 heterocycles. The molecule has 0 amide bonds. The van der Waals surface area contributed by atoms with Crippen LogP contribution in [0.4, 0.5) is 0 Å². The monoisotopic (exact) mass is 951 g/mol. The minimum absolute atomic E-state index is 0.0265. The number of unbranched alkanes of at least 4 members (excludes halogenated alkanes) is 28. The van der Waals surface area contributed by atoms with Crippen molar-refractivity contribution in [2.75, 3.05) is 47.5 Å². The Morgan fingerprint density at radius 2 is 0.818 bits per heavy atom. The molecular weight excluding hydrogens is 846 g/mol. The lowest BCUT2D eigenvalue weighted by atomic mass is 10.0. The highest BCUT2D eigenvalue weighted by Gasteiger charge is 2.27. The predicted molar refractivity (Wildman–Crippen MR) is 280 cm³/mol. The maximum Gasteiger partial charge on any atom is 0.472 e. The number of phosphoric ester groups is 1. The van der Waals surface area contributed by atoms with Gasteiger partial charge in [0, 0.05) is 12.8 Å². The molecule has 1 N–H and O–H groups in total. The van der Waals surface area contributed by atoms with Gasteiger partial charge in [-0.05, 0) is 57.8 Å². The molecule has 2 atom stereocenters. The van der Waals surface area contributed by atoms with Crippen molar-refractivity contribution in [3.63, 3.8) is 0 Å². The molecule has 66 heavy (non-hydrogen) atoms. The summed E-state index contributed by atoms with van der Waals surface area (Å²) in [5.41, 5.74) is 0. The molecule has 1 unspecified atom stereocenters. The molecule has 0 bridgehead atoms. The van der Waals surface area contributed by atoms with Gasteiger partial charge in [-0.15, -0.1) is 0 Å². The van der Waals surface area contributed by atoms with Crippen LogP contribution in [0.5, 0.6) is 0 Å². The van der Waals surface area contributed by atoms with E-state index in [1.165, 1.54) is 154 Å². The first-order valence-corrected chi connectivity index (χ1v) is 28.9. The summed E-state index contributed by atoms with van der Waals surface area (Å²) in [4.78, 5) is 35.6. The van der Waals surface area contributed by atoms with Crippen molar-refractivity contribution in [3.05, 3.63) is 48.6 Å².